The normalized spacial score (nSPS) is 20.4. The third-order valence-corrected chi connectivity index (χ3v) is 10.0. The van der Waals surface area contributed by atoms with Gasteiger partial charge in [0.25, 0.3) is 10.2 Å². The number of fused-ring (bicyclic) bond motifs is 2. The van der Waals surface area contributed by atoms with E-state index in [9.17, 15) is 16.8 Å². The van der Waals surface area contributed by atoms with E-state index in [0.717, 1.165) is 11.1 Å². The molecule has 30 heavy (non-hydrogen) atoms. The summed E-state index contributed by atoms with van der Waals surface area (Å²) in [5, 5.41) is 0. The standard InChI is InChI=1S/C21H27N3O4S2/c1-22(2)30(27,28)23-14-12-21(13-15-23)17-24(16-18-8-6-7-11-20(18)21)29(25,26)19-9-4-3-5-10-19/h3-11H,12-17H2,1-2H3. The maximum atomic E-state index is 13.3. The second-order valence-corrected chi connectivity index (χ2v) is 12.3. The molecular weight excluding hydrogens is 422 g/mol. The molecule has 0 atom stereocenters. The predicted molar refractivity (Wildman–Crippen MR) is 116 cm³/mol. The zero-order valence-electron chi connectivity index (χ0n) is 17.2. The molecule has 0 aliphatic carbocycles. The summed E-state index contributed by atoms with van der Waals surface area (Å²) in [6, 6.07) is 16.4. The lowest BCUT2D eigenvalue weighted by Gasteiger charge is -2.48. The van der Waals surface area contributed by atoms with Crippen LogP contribution in [0.4, 0.5) is 0 Å². The third kappa shape index (κ3) is 3.58. The van der Waals surface area contributed by atoms with E-state index in [4.69, 9.17) is 0 Å². The van der Waals surface area contributed by atoms with Crippen LogP contribution in [0.15, 0.2) is 59.5 Å². The molecular formula is C21H27N3O4S2. The number of sulfonamides is 1. The van der Waals surface area contributed by atoms with Gasteiger partial charge in [0.2, 0.25) is 10.0 Å². The summed E-state index contributed by atoms with van der Waals surface area (Å²) in [6.45, 7) is 1.42. The van der Waals surface area contributed by atoms with Crippen molar-refractivity contribution < 1.29 is 16.8 Å². The van der Waals surface area contributed by atoms with Crippen LogP contribution in [-0.2, 0) is 32.2 Å². The van der Waals surface area contributed by atoms with Gasteiger partial charge >= 0.3 is 0 Å². The van der Waals surface area contributed by atoms with Crippen molar-refractivity contribution in [3.63, 3.8) is 0 Å². The molecule has 9 heteroatoms. The number of nitrogens with zero attached hydrogens (tertiary/aromatic N) is 3. The van der Waals surface area contributed by atoms with Gasteiger partial charge in [0, 0.05) is 45.7 Å². The predicted octanol–water partition coefficient (Wildman–Crippen LogP) is 2.03. The van der Waals surface area contributed by atoms with E-state index in [0.29, 0.717) is 39.0 Å². The fourth-order valence-electron chi connectivity index (χ4n) is 4.56. The van der Waals surface area contributed by atoms with Crippen LogP contribution in [0.1, 0.15) is 24.0 Å². The molecule has 2 aliphatic heterocycles. The van der Waals surface area contributed by atoms with Crippen LogP contribution in [0, 0.1) is 0 Å². The summed E-state index contributed by atoms with van der Waals surface area (Å²) in [5.74, 6) is 0. The van der Waals surface area contributed by atoms with Crippen molar-refractivity contribution in [2.24, 2.45) is 0 Å². The minimum atomic E-state index is -3.64. The van der Waals surface area contributed by atoms with Crippen LogP contribution in [0.2, 0.25) is 0 Å². The van der Waals surface area contributed by atoms with Crippen LogP contribution < -0.4 is 0 Å². The minimum absolute atomic E-state index is 0.284. The summed E-state index contributed by atoms with van der Waals surface area (Å²) in [7, 11) is -4.06. The molecule has 0 radical (unpaired) electrons. The molecule has 0 saturated carbocycles. The van der Waals surface area contributed by atoms with Crippen LogP contribution in [0.25, 0.3) is 0 Å². The lowest BCUT2D eigenvalue weighted by Crippen LogP contribution is -2.55. The fraction of sp³-hybridized carbons (Fsp3) is 0.429. The van der Waals surface area contributed by atoms with E-state index in [-0.39, 0.29) is 4.90 Å². The Bertz CT molecular complexity index is 1120. The average molecular weight is 450 g/mol. The van der Waals surface area contributed by atoms with Crippen LogP contribution >= 0.6 is 0 Å². The monoisotopic (exact) mass is 449 g/mol. The molecule has 1 spiro atoms. The molecule has 162 valence electrons. The second-order valence-electron chi connectivity index (χ2n) is 8.21. The first-order chi connectivity index (χ1) is 14.2. The highest BCUT2D eigenvalue weighted by Crippen LogP contribution is 2.43. The Kier molecular flexibility index (Phi) is 5.52. The molecule has 0 amide bonds. The maximum Gasteiger partial charge on any atom is 0.281 e. The Morgan fingerprint density at radius 3 is 2.07 bits per heavy atom. The second kappa shape index (κ2) is 7.72. The molecule has 4 rings (SSSR count). The lowest BCUT2D eigenvalue weighted by molar-refractivity contribution is 0.173. The van der Waals surface area contributed by atoms with Gasteiger partial charge in [-0.2, -0.15) is 21.3 Å². The van der Waals surface area contributed by atoms with Crippen molar-refractivity contribution in [3.05, 3.63) is 65.7 Å². The first-order valence-corrected chi connectivity index (χ1v) is 12.8. The molecule has 1 saturated heterocycles. The van der Waals surface area contributed by atoms with Crippen molar-refractivity contribution in [2.75, 3.05) is 33.7 Å². The molecule has 2 heterocycles. The fourth-order valence-corrected chi connectivity index (χ4v) is 7.19. The Balaban J connectivity index is 1.69. The van der Waals surface area contributed by atoms with Gasteiger partial charge < -0.3 is 0 Å². The summed E-state index contributed by atoms with van der Waals surface area (Å²) in [4.78, 5) is 0.284. The third-order valence-electron chi connectivity index (χ3n) is 6.26. The van der Waals surface area contributed by atoms with E-state index in [2.05, 4.69) is 6.07 Å². The van der Waals surface area contributed by atoms with E-state index in [1.54, 1.807) is 34.6 Å². The van der Waals surface area contributed by atoms with Gasteiger partial charge in [0.1, 0.15) is 0 Å². The molecule has 0 aromatic heterocycles. The van der Waals surface area contributed by atoms with Gasteiger partial charge in [-0.1, -0.05) is 42.5 Å². The number of rotatable bonds is 4. The van der Waals surface area contributed by atoms with Crippen LogP contribution in [0.5, 0.6) is 0 Å². The zero-order chi connectivity index (χ0) is 21.6. The summed E-state index contributed by atoms with van der Waals surface area (Å²) in [6.07, 6.45) is 1.16. The largest absolute Gasteiger partial charge is 0.281 e. The highest BCUT2D eigenvalue weighted by molar-refractivity contribution is 7.89. The Hall–Kier alpha value is -1.78. The van der Waals surface area contributed by atoms with Crippen LogP contribution in [-0.4, -0.2) is 63.5 Å². The number of piperidine rings is 1. The summed E-state index contributed by atoms with van der Waals surface area (Å²) >= 11 is 0. The average Bonchev–Trinajstić information content (AvgIpc) is 2.74. The van der Waals surface area contributed by atoms with Gasteiger partial charge in [-0.15, -0.1) is 0 Å². The molecule has 2 aromatic rings. The molecule has 0 unspecified atom stereocenters. The van der Waals surface area contributed by atoms with Crippen molar-refractivity contribution in [1.29, 1.82) is 0 Å². The van der Waals surface area contributed by atoms with Crippen molar-refractivity contribution in [2.45, 2.75) is 29.7 Å². The number of benzene rings is 2. The Morgan fingerprint density at radius 2 is 1.43 bits per heavy atom. The van der Waals surface area contributed by atoms with Gasteiger partial charge in [-0.25, -0.2) is 8.42 Å². The van der Waals surface area contributed by atoms with Gasteiger partial charge in [0.15, 0.2) is 0 Å². The smallest absolute Gasteiger partial charge is 0.207 e. The van der Waals surface area contributed by atoms with E-state index in [1.165, 1.54) is 22.7 Å². The molecule has 2 aromatic carbocycles. The van der Waals surface area contributed by atoms with Gasteiger partial charge in [0.05, 0.1) is 4.90 Å². The highest BCUT2D eigenvalue weighted by atomic mass is 32.2. The molecule has 0 N–H and O–H groups in total. The number of hydrogen-bond donors (Lipinski definition) is 0. The molecule has 1 fully saturated rings. The SMILES string of the molecule is CN(C)S(=O)(=O)N1CCC2(CC1)CN(S(=O)(=O)c1ccccc1)Cc1ccccc12. The first kappa shape index (κ1) is 21.5. The van der Waals surface area contributed by atoms with E-state index in [1.807, 2.05) is 18.2 Å². The molecule has 2 aliphatic rings. The van der Waals surface area contributed by atoms with E-state index < -0.39 is 25.6 Å². The van der Waals surface area contributed by atoms with E-state index >= 15 is 0 Å². The van der Waals surface area contributed by atoms with Crippen molar-refractivity contribution in [1.82, 2.24) is 12.9 Å². The Labute approximate surface area is 179 Å². The van der Waals surface area contributed by atoms with Gasteiger partial charge in [-0.05, 0) is 36.1 Å². The summed E-state index contributed by atoms with van der Waals surface area (Å²) in [5.41, 5.74) is 1.74. The van der Waals surface area contributed by atoms with Gasteiger partial charge in [-0.3, -0.25) is 0 Å². The first-order valence-electron chi connectivity index (χ1n) is 9.98. The zero-order valence-corrected chi connectivity index (χ0v) is 18.9. The lowest BCUT2D eigenvalue weighted by atomic mass is 9.70. The number of hydrogen-bond acceptors (Lipinski definition) is 4. The maximum absolute atomic E-state index is 13.3. The summed E-state index contributed by atoms with van der Waals surface area (Å²) < 4.78 is 56.1. The molecule has 7 nitrogen and oxygen atoms in total. The topological polar surface area (TPSA) is 78.0 Å². The highest BCUT2D eigenvalue weighted by Gasteiger charge is 2.46. The van der Waals surface area contributed by atoms with Crippen molar-refractivity contribution >= 4 is 20.2 Å². The molecule has 0 bridgehead atoms. The quantitative estimate of drug-likeness (QED) is 0.716. The Morgan fingerprint density at radius 1 is 0.833 bits per heavy atom. The minimum Gasteiger partial charge on any atom is -0.207 e. The van der Waals surface area contributed by atoms with Crippen molar-refractivity contribution in [3.8, 4) is 0 Å². The van der Waals surface area contributed by atoms with Crippen LogP contribution in [0.3, 0.4) is 0 Å².